The van der Waals surface area contributed by atoms with Gasteiger partial charge in [-0.05, 0) is 105 Å². The molecular formula is C97H122FN13O18S2. The van der Waals surface area contributed by atoms with Gasteiger partial charge in [0.2, 0.25) is 70.9 Å². The number of carbonyl (C=O) groups is 16. The molecule has 8 rings (SSSR count). The van der Waals surface area contributed by atoms with E-state index >= 15 is 43.2 Å². The highest BCUT2D eigenvalue weighted by Crippen LogP contribution is 2.30. The summed E-state index contributed by atoms with van der Waals surface area (Å²) in [4.78, 5) is 241. The molecular weight excluding hydrogens is 1720 g/mol. The van der Waals surface area contributed by atoms with E-state index in [1.165, 1.54) is 92.8 Å². The van der Waals surface area contributed by atoms with Crippen molar-refractivity contribution in [2.24, 2.45) is 35.1 Å². The minimum atomic E-state index is -1.57. The number of unbranched alkanes of at least 4 members (excludes halogenated alkanes) is 1. The van der Waals surface area contributed by atoms with Crippen molar-refractivity contribution in [1.82, 2.24) is 56.4 Å². The van der Waals surface area contributed by atoms with E-state index < -0.39 is 217 Å². The van der Waals surface area contributed by atoms with E-state index in [2.05, 4.69) is 31.9 Å². The lowest BCUT2D eigenvalue weighted by Crippen LogP contribution is -2.59. The second kappa shape index (κ2) is 51.1. The molecule has 7 aromatic rings. The van der Waals surface area contributed by atoms with Gasteiger partial charge in [0.1, 0.15) is 72.3 Å². The van der Waals surface area contributed by atoms with Gasteiger partial charge in [-0.2, -0.15) is 0 Å². The molecule has 11 atom stereocenters. The predicted molar refractivity (Wildman–Crippen MR) is 495 cm³/mol. The average molecular weight is 1840 g/mol. The maximum Gasteiger partial charge on any atom is 0.293 e. The number of phenolic OH excluding ortho intramolecular Hbond substituents is 1. The molecule has 0 radical (unpaired) electrons. The monoisotopic (exact) mass is 1840 g/mol. The lowest BCUT2D eigenvalue weighted by molar-refractivity contribution is -0.151. The van der Waals surface area contributed by atoms with E-state index in [0.717, 1.165) is 54.2 Å². The molecule has 0 aliphatic carbocycles. The first-order valence-electron chi connectivity index (χ1n) is 43.9. The topological polar surface area (TPSA) is 443 Å². The Kier molecular flexibility index (Phi) is 40.5. The fourth-order valence-electron chi connectivity index (χ4n) is 15.6. The number of amides is 12. The van der Waals surface area contributed by atoms with Crippen LogP contribution in [0.5, 0.6) is 5.75 Å². The van der Waals surface area contributed by atoms with E-state index in [9.17, 15) is 43.1 Å². The van der Waals surface area contributed by atoms with Crippen LogP contribution in [0.25, 0.3) is 10.1 Å². The standard InChI is InChI=1S/C97H122FN13O18S2/c1-11-12-26-80-96(127)107(6)52-71(114)48-67(54-129-58-112)84(116)50-73(60(4)5)93(124)110(9)81(46-61-21-15-13-16-22-61)92(123)105-77(44-63-28-30-66(51-99)31-29-63)94(125)108(7)53-87(118)101-76(49-68-55-131-85-27-20-19-25-72(68)85)91(122)104-75(43-65-34-38-70(113)39-35-65)90(121)103-74(42-59(2)3)89(120)106-79(83(115)40-41-86(100)117)56-130-57-88(119)102-78(45-64-32-36-69(98)37-33-64)95(126)111(10)82(97(128)109(80)8)47-62-23-17-14-18-24-62/h13-25,27-39,55,58-60,67,73-82,113H,11-12,26,40-54,56-57,99H2,1-10H3,(H2,100,117)(H,101,118)(H,102,119)(H,103,121)(H,104,122)(H,105,123)(H,106,120)/t67-,73-,74-,75-,76-,77-,78-,79-,80-,81-,82-/m0/s1. The second-order valence-corrected chi connectivity index (χ2v) is 36.1. The summed E-state index contributed by atoms with van der Waals surface area (Å²) in [5.41, 5.74) is 15.4. The first-order valence-corrected chi connectivity index (χ1v) is 45.9. The zero-order valence-electron chi connectivity index (χ0n) is 75.8. The third kappa shape index (κ3) is 31.6. The lowest BCUT2D eigenvalue weighted by atomic mass is 9.84. The van der Waals surface area contributed by atoms with Crippen LogP contribution < -0.4 is 43.4 Å². The molecule has 1 fully saturated rings. The number of likely N-dealkylation sites (N-methyl/N-ethyl adjacent to an activating group) is 5. The van der Waals surface area contributed by atoms with Gasteiger partial charge in [0.15, 0.2) is 11.6 Å². The van der Waals surface area contributed by atoms with Gasteiger partial charge >= 0.3 is 0 Å². The smallest absolute Gasteiger partial charge is 0.293 e. The number of ether oxygens (including phenoxy) is 1. The van der Waals surface area contributed by atoms with Crippen LogP contribution in [0.3, 0.4) is 0 Å². The molecule has 0 unspecified atom stereocenters. The zero-order valence-corrected chi connectivity index (χ0v) is 77.4. The van der Waals surface area contributed by atoms with Gasteiger partial charge < -0.3 is 77.7 Å². The summed E-state index contributed by atoms with van der Waals surface area (Å²) >= 11 is 2.21. The molecule has 12 amide bonds. The summed E-state index contributed by atoms with van der Waals surface area (Å²) in [6.07, 6.45) is -2.35. The minimum Gasteiger partial charge on any atom is -0.508 e. The largest absolute Gasteiger partial charge is 0.508 e. The highest BCUT2D eigenvalue weighted by molar-refractivity contribution is 8.00. The van der Waals surface area contributed by atoms with Gasteiger partial charge in [-0.1, -0.05) is 175 Å². The van der Waals surface area contributed by atoms with Crippen LogP contribution in [0, 0.1) is 29.5 Å². The number of Topliss-reactive ketones (excluding diaryl/α,β-unsaturated/α-hetero) is 3. The summed E-state index contributed by atoms with van der Waals surface area (Å²) < 4.78 is 20.6. The van der Waals surface area contributed by atoms with E-state index in [1.54, 1.807) is 124 Å². The van der Waals surface area contributed by atoms with E-state index in [0.29, 0.717) is 46.2 Å². The molecule has 702 valence electrons. The number of hydrogen-bond acceptors (Lipinski definition) is 21. The summed E-state index contributed by atoms with van der Waals surface area (Å²) in [5.74, 6) is -17.0. The van der Waals surface area contributed by atoms with E-state index in [1.807, 2.05) is 25.1 Å². The number of nitrogens with two attached hydrogens (primary N) is 2. The Bertz CT molecular complexity index is 5110. The molecule has 31 nitrogen and oxygen atoms in total. The number of nitrogens with one attached hydrogen (secondary N) is 6. The van der Waals surface area contributed by atoms with Crippen LogP contribution in [0.4, 0.5) is 4.39 Å². The molecule has 2 heterocycles. The number of thioether (sulfide) groups is 1. The number of phenols is 1. The van der Waals surface area contributed by atoms with Gasteiger partial charge in [-0.25, -0.2) is 4.39 Å². The highest BCUT2D eigenvalue weighted by Gasteiger charge is 2.42. The maximum atomic E-state index is 15.6. The summed E-state index contributed by atoms with van der Waals surface area (Å²) in [5, 5.41) is 29.7. The quantitative estimate of drug-likeness (QED) is 0.0278. The maximum absolute atomic E-state index is 15.6. The fourth-order valence-corrected chi connectivity index (χ4v) is 17.5. The van der Waals surface area contributed by atoms with E-state index in [4.69, 9.17) is 16.2 Å². The van der Waals surface area contributed by atoms with Crippen molar-refractivity contribution in [2.45, 2.75) is 185 Å². The molecule has 1 aliphatic heterocycles. The molecule has 11 N–H and O–H groups in total. The Morgan fingerprint density at radius 3 is 1.62 bits per heavy atom. The van der Waals surface area contributed by atoms with Gasteiger partial charge in [0.25, 0.3) is 6.47 Å². The molecule has 0 saturated carbocycles. The summed E-state index contributed by atoms with van der Waals surface area (Å²) in [6, 6.07) is 29.3. The Morgan fingerprint density at radius 2 is 1.03 bits per heavy atom. The Balaban J connectivity index is 1.22. The Morgan fingerprint density at radius 1 is 0.527 bits per heavy atom. The lowest BCUT2D eigenvalue weighted by Gasteiger charge is -2.37. The molecule has 0 bridgehead atoms. The SMILES string of the molecule is CCCC[C@H]1C(=O)N(C)CC(=O)C[C@@H](COC=O)C(=O)C[C@@H](C(C)C)C(=O)N(C)[C@@H](Cc2ccccc2)C(=O)N[C@@H](Cc2ccc(CN)cc2)C(=O)N(C)CC(=O)N[C@@H](Cc2csc3ccccc23)C(=O)N[C@@H](Cc2ccc(O)cc2)C(=O)N[C@@H](CC(C)C)C(=O)N[C@H](C(=O)CCC(N)=O)CSCC(=O)N[C@@H](Cc2ccc(F)cc2)C(=O)N(C)[C@@H](Cc2ccccc2)C(=O)N1C. The number of aromatic hydroxyl groups is 1. The average Bonchev–Trinajstić information content (AvgIpc) is 1.75. The number of thiophene rings is 1. The highest BCUT2D eigenvalue weighted by atomic mass is 32.2. The number of primary amides is 1. The first kappa shape index (κ1) is 104. The molecule has 6 aromatic carbocycles. The number of fused-ring (bicyclic) bond motifs is 1. The third-order valence-corrected chi connectivity index (χ3v) is 25.3. The van der Waals surface area contributed by atoms with Crippen LogP contribution in [-0.2, 0) is 127 Å². The molecule has 34 heteroatoms. The number of benzene rings is 6. The van der Waals surface area contributed by atoms with Crippen molar-refractivity contribution in [3.8, 4) is 5.75 Å². The number of carbonyl (C=O) groups excluding carboxylic acids is 16. The van der Waals surface area contributed by atoms with Crippen LogP contribution in [0.1, 0.15) is 125 Å². The molecule has 131 heavy (non-hydrogen) atoms. The summed E-state index contributed by atoms with van der Waals surface area (Å²) in [7, 11) is 6.76. The Hall–Kier alpha value is -12.6. The molecule has 1 aliphatic rings. The van der Waals surface area contributed by atoms with Crippen LogP contribution >= 0.6 is 23.1 Å². The third-order valence-electron chi connectivity index (χ3n) is 23.2. The van der Waals surface area contributed by atoms with E-state index in [-0.39, 0.29) is 81.8 Å². The van der Waals surface area contributed by atoms with Gasteiger partial charge in [0.05, 0.1) is 30.8 Å². The minimum absolute atomic E-state index is 0.0601. The van der Waals surface area contributed by atoms with Crippen LogP contribution in [0.2, 0.25) is 0 Å². The second-order valence-electron chi connectivity index (χ2n) is 34.1. The van der Waals surface area contributed by atoms with Crippen LogP contribution in [-0.4, -0.2) is 245 Å². The number of halogens is 1. The fraction of sp³-hybridized carbons (Fsp3) is 0.443. The number of hydrogen-bond donors (Lipinski definition) is 9. The van der Waals surface area contributed by atoms with Crippen molar-refractivity contribution < 1.29 is 90.9 Å². The van der Waals surface area contributed by atoms with Crippen molar-refractivity contribution >= 4 is 128 Å². The predicted octanol–water partition coefficient (Wildman–Crippen LogP) is 6.06. The van der Waals surface area contributed by atoms with Gasteiger partial charge in [0, 0.05) is 122 Å². The first-order chi connectivity index (χ1) is 62.4. The van der Waals surface area contributed by atoms with Gasteiger partial charge in [-0.3, -0.25) is 76.7 Å². The molecule has 1 aromatic heterocycles. The number of ketones is 3. The van der Waals surface area contributed by atoms with Crippen molar-refractivity contribution in [1.29, 1.82) is 0 Å². The van der Waals surface area contributed by atoms with Crippen molar-refractivity contribution in [3.05, 3.63) is 208 Å². The van der Waals surface area contributed by atoms with Crippen molar-refractivity contribution in [3.63, 3.8) is 0 Å². The molecule has 1 saturated heterocycles. The number of rotatable bonds is 26. The zero-order chi connectivity index (χ0) is 95.7. The van der Waals surface area contributed by atoms with Gasteiger partial charge in [-0.15, -0.1) is 23.1 Å². The van der Waals surface area contributed by atoms with Crippen molar-refractivity contribution in [2.75, 3.05) is 66.4 Å². The molecule has 0 spiro atoms. The normalized spacial score (nSPS) is 21.9. The van der Waals surface area contributed by atoms with Crippen LogP contribution in [0.15, 0.2) is 163 Å². The number of nitrogens with zero attached hydrogens (tertiary/aromatic N) is 5. The Labute approximate surface area is 771 Å². The summed E-state index contributed by atoms with van der Waals surface area (Å²) in [6.45, 7) is 7.03.